The summed E-state index contributed by atoms with van der Waals surface area (Å²) >= 11 is 6.90. The average molecular weight is 272 g/mol. The van der Waals surface area contributed by atoms with Gasteiger partial charge < -0.3 is 10.1 Å². The Morgan fingerprint density at radius 2 is 2.00 bits per heavy atom. The van der Waals surface area contributed by atoms with E-state index in [9.17, 15) is 14.3 Å². The number of halogens is 2. The zero-order valence-corrected chi connectivity index (χ0v) is 9.98. The predicted molar refractivity (Wildman–Crippen MR) is 64.3 cm³/mol. The van der Waals surface area contributed by atoms with Crippen molar-refractivity contribution >= 4 is 23.4 Å². The van der Waals surface area contributed by atoms with E-state index in [2.05, 4.69) is 4.98 Å². The zero-order chi connectivity index (χ0) is 12.4. The maximum absolute atomic E-state index is 13.1. The molecule has 0 saturated carbocycles. The molecule has 0 amide bonds. The highest BCUT2D eigenvalue weighted by molar-refractivity contribution is 7.99. The van der Waals surface area contributed by atoms with E-state index >= 15 is 0 Å². The van der Waals surface area contributed by atoms with Crippen molar-refractivity contribution in [1.29, 1.82) is 0 Å². The number of H-pyrrole nitrogens is 1. The molecule has 17 heavy (non-hydrogen) atoms. The fourth-order valence-electron chi connectivity index (χ4n) is 1.24. The Morgan fingerprint density at radius 3 is 2.65 bits per heavy atom. The van der Waals surface area contributed by atoms with Crippen molar-refractivity contribution in [2.24, 2.45) is 0 Å². The van der Waals surface area contributed by atoms with Gasteiger partial charge in [0, 0.05) is 27.1 Å². The van der Waals surface area contributed by atoms with Crippen molar-refractivity contribution in [2.45, 2.75) is 9.79 Å². The lowest BCUT2D eigenvalue weighted by Crippen LogP contribution is -2.03. The third-order valence-corrected chi connectivity index (χ3v) is 3.09. The molecule has 1 aromatic carbocycles. The van der Waals surface area contributed by atoms with Crippen molar-refractivity contribution in [2.75, 3.05) is 0 Å². The second-order valence-electron chi connectivity index (χ2n) is 3.26. The summed E-state index contributed by atoms with van der Waals surface area (Å²) in [7, 11) is 0. The number of benzene rings is 1. The van der Waals surface area contributed by atoms with Gasteiger partial charge in [-0.05, 0) is 18.2 Å². The molecule has 2 N–H and O–H groups in total. The number of rotatable bonds is 2. The van der Waals surface area contributed by atoms with Crippen LogP contribution in [-0.2, 0) is 0 Å². The molecule has 0 aliphatic heterocycles. The molecular formula is C11H7ClFNO2S. The molecule has 0 radical (unpaired) electrons. The van der Waals surface area contributed by atoms with Crippen molar-refractivity contribution in [3.05, 3.63) is 51.7 Å². The van der Waals surface area contributed by atoms with E-state index in [-0.39, 0.29) is 5.75 Å². The first-order valence-electron chi connectivity index (χ1n) is 4.60. The molecule has 1 heterocycles. The van der Waals surface area contributed by atoms with Crippen LogP contribution in [0.2, 0.25) is 5.02 Å². The van der Waals surface area contributed by atoms with Gasteiger partial charge >= 0.3 is 0 Å². The molecule has 0 aliphatic rings. The number of hydrogen-bond acceptors (Lipinski definition) is 3. The van der Waals surface area contributed by atoms with Crippen LogP contribution in [-0.4, -0.2) is 10.1 Å². The van der Waals surface area contributed by atoms with Crippen LogP contribution in [0.25, 0.3) is 0 Å². The van der Waals surface area contributed by atoms with Gasteiger partial charge in [-0.1, -0.05) is 23.4 Å². The van der Waals surface area contributed by atoms with Crippen LogP contribution in [0, 0.1) is 5.82 Å². The van der Waals surface area contributed by atoms with Gasteiger partial charge in [-0.15, -0.1) is 0 Å². The predicted octanol–water partition coefficient (Wildman–Crippen LogP) is 3.02. The highest BCUT2D eigenvalue weighted by atomic mass is 35.5. The van der Waals surface area contributed by atoms with Crippen LogP contribution in [0.15, 0.2) is 45.0 Å². The van der Waals surface area contributed by atoms with Crippen LogP contribution in [0.4, 0.5) is 4.39 Å². The summed E-state index contributed by atoms with van der Waals surface area (Å²) < 4.78 is 13.1. The fourth-order valence-corrected chi connectivity index (χ4v) is 2.44. The van der Waals surface area contributed by atoms with Crippen molar-refractivity contribution in [1.82, 2.24) is 4.98 Å². The molecule has 3 nitrogen and oxygen atoms in total. The molecule has 0 saturated heterocycles. The third-order valence-electron chi connectivity index (χ3n) is 1.93. The molecule has 0 bridgehead atoms. The van der Waals surface area contributed by atoms with Crippen LogP contribution in [0.5, 0.6) is 5.75 Å². The molecule has 0 spiro atoms. The summed E-state index contributed by atoms with van der Waals surface area (Å²) in [6.07, 6.45) is 1.44. The Bertz CT molecular complexity index is 594. The molecule has 0 aliphatic carbocycles. The average Bonchev–Trinajstić information content (AvgIpc) is 2.22. The monoisotopic (exact) mass is 271 g/mol. The SMILES string of the molecule is O=c1[nH]cc(Sc2cc(F)cc(Cl)c2)cc1O. The van der Waals surface area contributed by atoms with Crippen LogP contribution >= 0.6 is 23.4 Å². The molecular weight excluding hydrogens is 265 g/mol. The highest BCUT2D eigenvalue weighted by Crippen LogP contribution is 2.30. The Balaban J connectivity index is 2.31. The number of aromatic amines is 1. The fraction of sp³-hybridized carbons (Fsp3) is 0. The Morgan fingerprint density at radius 1 is 1.24 bits per heavy atom. The van der Waals surface area contributed by atoms with Crippen LogP contribution in [0.1, 0.15) is 0 Å². The van der Waals surface area contributed by atoms with Crippen LogP contribution < -0.4 is 5.56 Å². The maximum atomic E-state index is 13.1. The Labute approximate surface area is 105 Å². The first-order valence-corrected chi connectivity index (χ1v) is 5.80. The number of hydrogen-bond donors (Lipinski definition) is 2. The van der Waals surface area contributed by atoms with E-state index in [4.69, 9.17) is 11.6 Å². The maximum Gasteiger partial charge on any atom is 0.290 e. The van der Waals surface area contributed by atoms with Gasteiger partial charge in [0.1, 0.15) is 5.82 Å². The minimum absolute atomic E-state index is 0.293. The molecule has 6 heteroatoms. The Kier molecular flexibility index (Phi) is 3.40. The smallest absolute Gasteiger partial charge is 0.290 e. The number of pyridine rings is 1. The molecule has 88 valence electrons. The quantitative estimate of drug-likeness (QED) is 0.883. The summed E-state index contributed by atoms with van der Waals surface area (Å²) in [5.74, 6) is -0.814. The van der Waals surface area contributed by atoms with Gasteiger partial charge in [0.2, 0.25) is 0 Å². The van der Waals surface area contributed by atoms with Crippen molar-refractivity contribution in [3.63, 3.8) is 0 Å². The molecule has 0 unspecified atom stereocenters. The van der Waals surface area contributed by atoms with Gasteiger partial charge in [0.05, 0.1) is 0 Å². The first-order chi connectivity index (χ1) is 8.04. The minimum atomic E-state index is -0.563. The third kappa shape index (κ3) is 3.01. The van der Waals surface area contributed by atoms with Crippen molar-refractivity contribution in [3.8, 4) is 5.75 Å². The zero-order valence-electron chi connectivity index (χ0n) is 8.41. The molecule has 0 atom stereocenters. The lowest BCUT2D eigenvalue weighted by molar-refractivity contribution is 0.464. The normalized spacial score (nSPS) is 10.5. The number of nitrogens with one attached hydrogen (secondary N) is 1. The van der Waals surface area contributed by atoms with Crippen molar-refractivity contribution < 1.29 is 9.50 Å². The summed E-state index contributed by atoms with van der Waals surface area (Å²) in [4.78, 5) is 14.5. The van der Waals surface area contributed by atoms with E-state index in [0.29, 0.717) is 14.8 Å². The minimum Gasteiger partial charge on any atom is -0.503 e. The van der Waals surface area contributed by atoms with Crippen LogP contribution in [0.3, 0.4) is 0 Å². The first kappa shape index (κ1) is 12.0. The van der Waals surface area contributed by atoms with Gasteiger partial charge in [-0.25, -0.2) is 4.39 Å². The number of aromatic hydroxyl groups is 1. The molecule has 2 aromatic rings. The molecule has 2 rings (SSSR count). The lowest BCUT2D eigenvalue weighted by atomic mass is 10.3. The number of aromatic nitrogens is 1. The topological polar surface area (TPSA) is 53.1 Å². The lowest BCUT2D eigenvalue weighted by Gasteiger charge is -2.02. The standard InChI is InChI=1S/C11H7ClFNO2S/c12-6-1-7(13)3-8(2-6)17-9-4-10(15)11(16)14-5-9/h1-5,15H,(H,14,16). The van der Waals surface area contributed by atoms with Gasteiger partial charge in [0.15, 0.2) is 5.75 Å². The van der Waals surface area contributed by atoms with Gasteiger partial charge in [-0.2, -0.15) is 0 Å². The summed E-state index contributed by atoms with van der Waals surface area (Å²) in [6.45, 7) is 0. The highest BCUT2D eigenvalue weighted by Gasteiger charge is 2.04. The van der Waals surface area contributed by atoms with Gasteiger partial charge in [0.25, 0.3) is 5.56 Å². The summed E-state index contributed by atoms with van der Waals surface area (Å²) in [5, 5.41) is 9.52. The van der Waals surface area contributed by atoms with E-state index in [1.165, 1.54) is 36.2 Å². The molecule has 0 fully saturated rings. The summed E-state index contributed by atoms with van der Waals surface area (Å²) in [5.41, 5.74) is -0.563. The van der Waals surface area contributed by atoms with E-state index in [0.717, 1.165) is 0 Å². The largest absolute Gasteiger partial charge is 0.503 e. The molecule has 1 aromatic heterocycles. The summed E-state index contributed by atoms with van der Waals surface area (Å²) in [6, 6.07) is 5.43. The van der Waals surface area contributed by atoms with E-state index < -0.39 is 11.4 Å². The van der Waals surface area contributed by atoms with Gasteiger partial charge in [-0.3, -0.25) is 4.79 Å². The Hall–Kier alpha value is -1.46. The second-order valence-corrected chi connectivity index (χ2v) is 4.84. The second kappa shape index (κ2) is 4.81. The van der Waals surface area contributed by atoms with E-state index in [1.807, 2.05) is 0 Å². The van der Waals surface area contributed by atoms with E-state index in [1.54, 1.807) is 6.07 Å².